The first-order valence-corrected chi connectivity index (χ1v) is 8.66. The predicted molar refractivity (Wildman–Crippen MR) is 97.1 cm³/mol. The lowest BCUT2D eigenvalue weighted by atomic mass is 10.00. The van der Waals surface area contributed by atoms with Gasteiger partial charge in [-0.2, -0.15) is 0 Å². The number of aromatic nitrogens is 1. The van der Waals surface area contributed by atoms with Crippen LogP contribution in [0.25, 0.3) is 0 Å². The minimum Gasteiger partial charge on any atom is -0.327 e. The summed E-state index contributed by atoms with van der Waals surface area (Å²) in [4.78, 5) is 17.3. The molecule has 0 bridgehead atoms. The fourth-order valence-electron chi connectivity index (χ4n) is 3.02. The standard InChI is InChI=1S/C17H20FN3OS.ClH/c18-13-5-1-3-11(7-13)8-14-10-20-17(23-14)21-16(22)9-12-4-2-6-15(12)19;/h1,3,5,7,10,12,15H,2,4,6,8-9,19H2,(H,20,21,22);1H/t12-,15+;/m0./s1. The molecule has 0 saturated heterocycles. The van der Waals surface area contributed by atoms with Gasteiger partial charge >= 0.3 is 0 Å². The van der Waals surface area contributed by atoms with Crippen molar-refractivity contribution in [2.24, 2.45) is 11.7 Å². The molecule has 24 heavy (non-hydrogen) atoms. The highest BCUT2D eigenvalue weighted by molar-refractivity contribution is 7.15. The molecule has 1 heterocycles. The lowest BCUT2D eigenvalue weighted by Crippen LogP contribution is -2.28. The smallest absolute Gasteiger partial charge is 0.226 e. The van der Waals surface area contributed by atoms with E-state index in [9.17, 15) is 9.18 Å². The van der Waals surface area contributed by atoms with Crippen LogP contribution in [0, 0.1) is 11.7 Å². The number of nitrogens with zero attached hydrogens (tertiary/aromatic N) is 1. The summed E-state index contributed by atoms with van der Waals surface area (Å²) in [5.41, 5.74) is 6.89. The Kier molecular flexibility index (Phi) is 6.71. The van der Waals surface area contributed by atoms with E-state index in [0.29, 0.717) is 18.0 Å². The molecule has 2 atom stereocenters. The van der Waals surface area contributed by atoms with E-state index in [0.717, 1.165) is 29.7 Å². The normalized spacial score (nSPS) is 19.8. The molecular formula is C17H21ClFN3OS. The zero-order chi connectivity index (χ0) is 16.2. The van der Waals surface area contributed by atoms with Gasteiger partial charge < -0.3 is 11.1 Å². The van der Waals surface area contributed by atoms with Gasteiger partial charge in [-0.3, -0.25) is 4.79 Å². The lowest BCUT2D eigenvalue weighted by Gasteiger charge is -2.13. The fraction of sp³-hybridized carbons (Fsp3) is 0.412. The van der Waals surface area contributed by atoms with E-state index in [4.69, 9.17) is 5.73 Å². The van der Waals surface area contributed by atoms with Crippen molar-refractivity contribution in [3.8, 4) is 0 Å². The Balaban J connectivity index is 0.00000208. The highest BCUT2D eigenvalue weighted by atomic mass is 35.5. The van der Waals surface area contributed by atoms with Crippen molar-refractivity contribution < 1.29 is 9.18 Å². The Morgan fingerprint density at radius 2 is 2.25 bits per heavy atom. The molecule has 1 aromatic carbocycles. The van der Waals surface area contributed by atoms with Crippen molar-refractivity contribution in [1.82, 2.24) is 4.98 Å². The quantitative estimate of drug-likeness (QED) is 0.843. The second-order valence-electron chi connectivity index (χ2n) is 6.05. The first kappa shape index (κ1) is 18.8. The minimum atomic E-state index is -0.242. The molecule has 1 saturated carbocycles. The molecule has 7 heteroatoms. The summed E-state index contributed by atoms with van der Waals surface area (Å²) in [6.07, 6.45) is 5.93. The van der Waals surface area contributed by atoms with Crippen LogP contribution in [0.1, 0.15) is 36.1 Å². The molecule has 2 aromatic rings. The number of carbonyl (C=O) groups is 1. The summed E-state index contributed by atoms with van der Waals surface area (Å²) >= 11 is 1.42. The van der Waals surface area contributed by atoms with Crippen molar-refractivity contribution in [3.05, 3.63) is 46.7 Å². The van der Waals surface area contributed by atoms with Crippen molar-refractivity contribution in [3.63, 3.8) is 0 Å². The summed E-state index contributed by atoms with van der Waals surface area (Å²) < 4.78 is 13.2. The summed E-state index contributed by atoms with van der Waals surface area (Å²) in [5.74, 6) is 0.00850. The molecule has 3 rings (SSSR count). The highest BCUT2D eigenvalue weighted by Crippen LogP contribution is 2.28. The second kappa shape index (κ2) is 8.55. The van der Waals surface area contributed by atoms with E-state index in [1.165, 1.54) is 23.5 Å². The van der Waals surface area contributed by atoms with Crippen LogP contribution in [0.4, 0.5) is 9.52 Å². The van der Waals surface area contributed by atoms with E-state index in [2.05, 4.69) is 10.3 Å². The van der Waals surface area contributed by atoms with Crippen molar-refractivity contribution in [2.45, 2.75) is 38.1 Å². The van der Waals surface area contributed by atoms with Gasteiger partial charge in [-0.1, -0.05) is 18.6 Å². The molecule has 0 spiro atoms. The Morgan fingerprint density at radius 3 is 2.96 bits per heavy atom. The van der Waals surface area contributed by atoms with E-state index in [1.807, 2.05) is 6.07 Å². The first-order chi connectivity index (χ1) is 11.1. The summed E-state index contributed by atoms with van der Waals surface area (Å²) in [7, 11) is 0. The van der Waals surface area contributed by atoms with Gasteiger partial charge in [0, 0.05) is 30.0 Å². The third kappa shape index (κ3) is 5.00. The number of halogens is 2. The molecule has 1 amide bonds. The predicted octanol–water partition coefficient (Wildman–Crippen LogP) is 3.75. The van der Waals surface area contributed by atoms with Crippen LogP contribution in [0.3, 0.4) is 0 Å². The maximum Gasteiger partial charge on any atom is 0.226 e. The van der Waals surface area contributed by atoms with Crippen LogP contribution in [0.15, 0.2) is 30.5 Å². The van der Waals surface area contributed by atoms with Gasteiger partial charge in [0.2, 0.25) is 5.91 Å². The number of nitrogens with one attached hydrogen (secondary N) is 1. The first-order valence-electron chi connectivity index (χ1n) is 7.85. The summed E-state index contributed by atoms with van der Waals surface area (Å²) in [5, 5.41) is 3.44. The Morgan fingerprint density at radius 1 is 1.42 bits per heavy atom. The van der Waals surface area contributed by atoms with Crippen molar-refractivity contribution >= 4 is 34.8 Å². The molecule has 1 aliphatic rings. The molecule has 4 nitrogen and oxygen atoms in total. The Bertz CT molecular complexity index is 694. The van der Waals surface area contributed by atoms with Crippen LogP contribution >= 0.6 is 23.7 Å². The number of anilines is 1. The molecular weight excluding hydrogens is 349 g/mol. The van der Waals surface area contributed by atoms with E-state index >= 15 is 0 Å². The highest BCUT2D eigenvalue weighted by Gasteiger charge is 2.26. The summed E-state index contributed by atoms with van der Waals surface area (Å²) in [6, 6.07) is 6.65. The molecule has 0 aliphatic heterocycles. The van der Waals surface area contributed by atoms with Crippen LogP contribution in [0.2, 0.25) is 0 Å². The van der Waals surface area contributed by atoms with Crippen LogP contribution in [-0.2, 0) is 11.2 Å². The topological polar surface area (TPSA) is 68.0 Å². The zero-order valence-corrected chi connectivity index (χ0v) is 14.8. The van der Waals surface area contributed by atoms with Crippen LogP contribution in [0.5, 0.6) is 0 Å². The van der Waals surface area contributed by atoms with Gasteiger partial charge in [-0.05, 0) is 36.5 Å². The van der Waals surface area contributed by atoms with Gasteiger partial charge in [-0.25, -0.2) is 9.37 Å². The van der Waals surface area contributed by atoms with E-state index < -0.39 is 0 Å². The average molecular weight is 370 g/mol. The third-order valence-corrected chi connectivity index (χ3v) is 5.15. The van der Waals surface area contributed by atoms with Gasteiger partial charge in [0.1, 0.15) is 5.82 Å². The number of hydrogen-bond donors (Lipinski definition) is 2. The molecule has 0 radical (unpaired) electrons. The summed E-state index contributed by atoms with van der Waals surface area (Å²) in [6.45, 7) is 0. The van der Waals surface area contributed by atoms with Crippen LogP contribution < -0.4 is 11.1 Å². The fourth-order valence-corrected chi connectivity index (χ4v) is 3.89. The monoisotopic (exact) mass is 369 g/mol. The van der Waals surface area contributed by atoms with Crippen LogP contribution in [-0.4, -0.2) is 16.9 Å². The lowest BCUT2D eigenvalue weighted by molar-refractivity contribution is -0.117. The zero-order valence-electron chi connectivity index (χ0n) is 13.2. The number of hydrogen-bond acceptors (Lipinski definition) is 4. The molecule has 3 N–H and O–H groups in total. The largest absolute Gasteiger partial charge is 0.327 e. The number of thiazole rings is 1. The average Bonchev–Trinajstić information content (AvgIpc) is 3.09. The Labute approximate surface area is 151 Å². The van der Waals surface area contributed by atoms with Crippen molar-refractivity contribution in [1.29, 1.82) is 0 Å². The maximum atomic E-state index is 13.2. The molecule has 0 unspecified atom stereocenters. The molecule has 130 valence electrons. The number of benzene rings is 1. The van der Waals surface area contributed by atoms with Gasteiger partial charge in [-0.15, -0.1) is 23.7 Å². The van der Waals surface area contributed by atoms with Gasteiger partial charge in [0.05, 0.1) is 0 Å². The maximum absolute atomic E-state index is 13.2. The van der Waals surface area contributed by atoms with Crippen molar-refractivity contribution in [2.75, 3.05) is 5.32 Å². The number of nitrogens with two attached hydrogens (primary N) is 1. The minimum absolute atomic E-state index is 0. The molecule has 1 aliphatic carbocycles. The SMILES string of the molecule is Cl.N[C@@H]1CCC[C@H]1CC(=O)Nc1ncc(Cc2cccc(F)c2)s1. The van der Waals surface area contributed by atoms with Gasteiger partial charge in [0.25, 0.3) is 0 Å². The number of carbonyl (C=O) groups excluding carboxylic acids is 1. The Hall–Kier alpha value is -1.50. The second-order valence-corrected chi connectivity index (χ2v) is 7.16. The number of rotatable bonds is 5. The molecule has 1 aromatic heterocycles. The van der Waals surface area contributed by atoms with E-state index in [-0.39, 0.29) is 36.1 Å². The molecule has 1 fully saturated rings. The third-order valence-electron chi connectivity index (χ3n) is 4.23. The van der Waals surface area contributed by atoms with Gasteiger partial charge in [0.15, 0.2) is 5.13 Å². The van der Waals surface area contributed by atoms with E-state index in [1.54, 1.807) is 12.3 Å². The number of amides is 1.